The van der Waals surface area contributed by atoms with E-state index in [1.54, 1.807) is 18.3 Å². The first-order valence-electron chi connectivity index (χ1n) is 6.07. The monoisotopic (exact) mass is 254 g/mol. The molecule has 2 heterocycles. The van der Waals surface area contributed by atoms with Crippen LogP contribution < -0.4 is 5.46 Å². The van der Waals surface area contributed by atoms with Crippen molar-refractivity contribution in [3.8, 4) is 17.9 Å². The molecular formula is C14H15BN2O2. The third kappa shape index (κ3) is 2.63. The van der Waals surface area contributed by atoms with Crippen molar-refractivity contribution in [3.05, 3.63) is 24.0 Å². The van der Waals surface area contributed by atoms with Crippen molar-refractivity contribution in [3.63, 3.8) is 0 Å². The Balaban J connectivity index is 2.19. The van der Waals surface area contributed by atoms with Gasteiger partial charge in [0.05, 0.1) is 11.2 Å². The van der Waals surface area contributed by atoms with Crippen LogP contribution in [0.15, 0.2) is 18.3 Å². The topological polar surface area (TPSA) is 55.1 Å². The first-order chi connectivity index (χ1) is 8.86. The van der Waals surface area contributed by atoms with E-state index < -0.39 is 7.12 Å². The molecule has 1 fully saturated rings. The summed E-state index contributed by atoms with van der Waals surface area (Å²) in [6.45, 7) is 8.03. The van der Waals surface area contributed by atoms with E-state index >= 15 is 0 Å². The predicted octanol–water partition coefficient (Wildman–Crippen LogP) is 1.26. The van der Waals surface area contributed by atoms with Crippen LogP contribution in [0.4, 0.5) is 0 Å². The van der Waals surface area contributed by atoms with Gasteiger partial charge in [-0.15, -0.1) is 0 Å². The molecule has 5 heteroatoms. The zero-order valence-corrected chi connectivity index (χ0v) is 11.5. The number of nitrogens with zero attached hydrogens (tertiary/aromatic N) is 2. The molecule has 1 aromatic heterocycles. The zero-order chi connectivity index (χ0) is 14.1. The summed E-state index contributed by atoms with van der Waals surface area (Å²) < 4.78 is 11.8. The number of rotatable bonds is 1. The van der Waals surface area contributed by atoms with Crippen molar-refractivity contribution < 1.29 is 9.31 Å². The van der Waals surface area contributed by atoms with Gasteiger partial charge in [0.2, 0.25) is 0 Å². The highest BCUT2D eigenvalue weighted by Crippen LogP contribution is 2.36. The second-order valence-electron chi connectivity index (χ2n) is 5.43. The van der Waals surface area contributed by atoms with E-state index in [0.717, 1.165) is 5.46 Å². The van der Waals surface area contributed by atoms with Crippen LogP contribution in [0.3, 0.4) is 0 Å². The normalized spacial score (nSPS) is 19.4. The summed E-state index contributed by atoms with van der Waals surface area (Å²) in [6.07, 6.45) is 1.67. The molecule has 96 valence electrons. The van der Waals surface area contributed by atoms with Crippen molar-refractivity contribution in [2.24, 2.45) is 0 Å². The van der Waals surface area contributed by atoms with Crippen LogP contribution in [0.2, 0.25) is 0 Å². The van der Waals surface area contributed by atoms with Crippen LogP contribution in [0, 0.1) is 23.2 Å². The lowest BCUT2D eigenvalue weighted by molar-refractivity contribution is 0.00578. The Morgan fingerprint density at radius 1 is 1.16 bits per heavy atom. The second kappa shape index (κ2) is 4.70. The fourth-order valence-corrected chi connectivity index (χ4v) is 1.69. The summed E-state index contributed by atoms with van der Waals surface area (Å²) in [5.74, 6) is 4.95. The van der Waals surface area contributed by atoms with Gasteiger partial charge in [0.15, 0.2) is 6.07 Å². The van der Waals surface area contributed by atoms with Gasteiger partial charge < -0.3 is 9.31 Å². The van der Waals surface area contributed by atoms with Gasteiger partial charge in [-0.2, -0.15) is 5.26 Å². The molecule has 0 aliphatic carbocycles. The first kappa shape index (κ1) is 13.6. The minimum atomic E-state index is -0.421. The highest BCUT2D eigenvalue weighted by molar-refractivity contribution is 6.62. The molecule has 0 N–H and O–H groups in total. The molecule has 1 aromatic rings. The third-order valence-corrected chi connectivity index (χ3v) is 3.56. The molecular weight excluding hydrogens is 239 g/mol. The molecule has 0 spiro atoms. The van der Waals surface area contributed by atoms with Gasteiger partial charge in [-0.25, -0.2) is 4.98 Å². The maximum absolute atomic E-state index is 8.38. The lowest BCUT2D eigenvalue weighted by Gasteiger charge is -2.32. The maximum Gasteiger partial charge on any atom is 0.496 e. The van der Waals surface area contributed by atoms with Gasteiger partial charge in [-0.3, -0.25) is 0 Å². The summed E-state index contributed by atoms with van der Waals surface area (Å²) in [4.78, 5) is 4.17. The highest BCUT2D eigenvalue weighted by Gasteiger charge is 2.51. The average Bonchev–Trinajstić information content (AvgIpc) is 2.56. The molecule has 0 atom stereocenters. The predicted molar refractivity (Wildman–Crippen MR) is 72.4 cm³/mol. The maximum atomic E-state index is 8.38. The summed E-state index contributed by atoms with van der Waals surface area (Å²) in [6, 6.07) is 5.37. The lowest BCUT2D eigenvalue weighted by atomic mass is 9.80. The Bertz CT molecular complexity index is 560. The molecule has 0 amide bonds. The number of nitriles is 1. The van der Waals surface area contributed by atoms with Crippen molar-refractivity contribution in [2.75, 3.05) is 0 Å². The number of hydrogen-bond donors (Lipinski definition) is 0. The van der Waals surface area contributed by atoms with Crippen LogP contribution in [-0.2, 0) is 9.31 Å². The Morgan fingerprint density at radius 2 is 1.79 bits per heavy atom. The van der Waals surface area contributed by atoms with Crippen LogP contribution in [0.1, 0.15) is 33.4 Å². The van der Waals surface area contributed by atoms with Gasteiger partial charge in [-0.1, -0.05) is 6.07 Å². The van der Waals surface area contributed by atoms with Gasteiger partial charge in [0, 0.05) is 17.6 Å². The molecule has 1 saturated heterocycles. The zero-order valence-electron chi connectivity index (χ0n) is 11.5. The molecule has 4 nitrogen and oxygen atoms in total. The summed E-state index contributed by atoms with van der Waals surface area (Å²) >= 11 is 0. The first-order valence-corrected chi connectivity index (χ1v) is 6.07. The quantitative estimate of drug-likeness (QED) is 0.559. The molecule has 19 heavy (non-hydrogen) atoms. The molecule has 2 rings (SSSR count). The highest BCUT2D eigenvalue weighted by atomic mass is 16.7. The van der Waals surface area contributed by atoms with E-state index in [1.807, 2.05) is 33.8 Å². The molecule has 0 radical (unpaired) electrons. The molecule has 1 aliphatic heterocycles. The molecule has 0 saturated carbocycles. The third-order valence-electron chi connectivity index (χ3n) is 3.56. The molecule has 1 aliphatic rings. The summed E-state index contributed by atoms with van der Waals surface area (Å²) in [5, 5.41) is 8.38. The van der Waals surface area contributed by atoms with Crippen molar-refractivity contribution in [1.82, 2.24) is 4.98 Å². The Hall–Kier alpha value is -1.82. The minimum Gasteiger partial charge on any atom is -0.399 e. The van der Waals surface area contributed by atoms with E-state index in [0.29, 0.717) is 5.69 Å². The number of aromatic nitrogens is 1. The van der Waals surface area contributed by atoms with E-state index in [-0.39, 0.29) is 11.2 Å². The van der Waals surface area contributed by atoms with Gasteiger partial charge in [0.25, 0.3) is 0 Å². The fraction of sp³-hybridized carbons (Fsp3) is 0.429. The van der Waals surface area contributed by atoms with E-state index in [4.69, 9.17) is 14.6 Å². The SMILES string of the molecule is CC1(C)OB(c2ccc(C#CC#N)nc2)OC1(C)C. The van der Waals surface area contributed by atoms with Gasteiger partial charge >= 0.3 is 7.12 Å². The number of pyridine rings is 1. The number of hydrogen-bond acceptors (Lipinski definition) is 4. The largest absolute Gasteiger partial charge is 0.496 e. The van der Waals surface area contributed by atoms with E-state index in [1.165, 1.54) is 0 Å². The molecule has 0 bridgehead atoms. The van der Waals surface area contributed by atoms with Crippen molar-refractivity contribution in [1.29, 1.82) is 5.26 Å². The van der Waals surface area contributed by atoms with E-state index in [2.05, 4.69) is 16.8 Å². The second-order valence-corrected chi connectivity index (χ2v) is 5.43. The van der Waals surface area contributed by atoms with Crippen LogP contribution in [0.5, 0.6) is 0 Å². The van der Waals surface area contributed by atoms with Gasteiger partial charge in [-0.05, 0) is 39.7 Å². The Labute approximate surface area is 113 Å². The van der Waals surface area contributed by atoms with E-state index in [9.17, 15) is 0 Å². The fourth-order valence-electron chi connectivity index (χ4n) is 1.69. The summed E-state index contributed by atoms with van der Waals surface area (Å²) in [5.41, 5.74) is 0.677. The molecule has 0 unspecified atom stereocenters. The summed E-state index contributed by atoms with van der Waals surface area (Å²) in [7, 11) is -0.421. The van der Waals surface area contributed by atoms with Crippen LogP contribution in [0.25, 0.3) is 0 Å². The Kier molecular flexibility index (Phi) is 3.37. The average molecular weight is 254 g/mol. The Morgan fingerprint density at radius 3 is 2.26 bits per heavy atom. The van der Waals surface area contributed by atoms with Gasteiger partial charge in [0.1, 0.15) is 5.69 Å². The van der Waals surface area contributed by atoms with Crippen LogP contribution >= 0.6 is 0 Å². The standard InChI is InChI=1S/C14H15BN2O2/c1-13(2)14(3,4)19-15(18-13)11-7-8-12(17-10-11)6-5-9-16/h7-8,10H,1-4H3. The lowest BCUT2D eigenvalue weighted by Crippen LogP contribution is -2.41. The van der Waals surface area contributed by atoms with Crippen molar-refractivity contribution >= 4 is 12.6 Å². The van der Waals surface area contributed by atoms with Crippen LogP contribution in [-0.4, -0.2) is 23.3 Å². The smallest absolute Gasteiger partial charge is 0.399 e. The van der Waals surface area contributed by atoms with Crippen molar-refractivity contribution in [2.45, 2.75) is 38.9 Å². The minimum absolute atomic E-state index is 0.364. The molecule has 0 aromatic carbocycles.